The highest BCUT2D eigenvalue weighted by Crippen LogP contribution is 2.53. The van der Waals surface area contributed by atoms with Crippen molar-refractivity contribution >= 4 is 27.7 Å². The first-order valence-electron chi connectivity index (χ1n) is 12.4. The number of rotatable bonds is 5. The molecule has 11 heteroatoms. The molecule has 1 saturated carbocycles. The Balaban J connectivity index is 0.000000392. The van der Waals surface area contributed by atoms with Gasteiger partial charge in [-0.2, -0.15) is 13.2 Å². The summed E-state index contributed by atoms with van der Waals surface area (Å²) in [7, 11) is 0. The lowest BCUT2D eigenvalue weighted by Crippen LogP contribution is -2.24. The van der Waals surface area contributed by atoms with Gasteiger partial charge in [0.25, 0.3) is 0 Å². The molecule has 0 unspecified atom stereocenters. The van der Waals surface area contributed by atoms with E-state index in [1.807, 2.05) is 24.3 Å². The Morgan fingerprint density at radius 3 is 2.38 bits per heavy atom. The fourth-order valence-electron chi connectivity index (χ4n) is 4.94. The molecule has 3 heterocycles. The molecule has 1 saturated heterocycles. The van der Waals surface area contributed by atoms with Crippen molar-refractivity contribution in [2.75, 3.05) is 13.2 Å². The van der Waals surface area contributed by atoms with Gasteiger partial charge >= 0.3 is 12.1 Å². The van der Waals surface area contributed by atoms with Gasteiger partial charge in [0.05, 0.1) is 12.3 Å². The number of carboxylic acids is 1. The number of nitrogens with one attached hydrogen (secondary N) is 1. The Morgan fingerprint density at radius 1 is 1.08 bits per heavy atom. The van der Waals surface area contributed by atoms with E-state index in [0.29, 0.717) is 10.6 Å². The third-order valence-electron chi connectivity index (χ3n) is 7.20. The summed E-state index contributed by atoms with van der Waals surface area (Å²) in [5, 5.41) is 20.4. The molecule has 1 aliphatic carbocycles. The van der Waals surface area contributed by atoms with Crippen LogP contribution in [0.25, 0.3) is 20.9 Å². The molecule has 39 heavy (non-hydrogen) atoms. The molecule has 6 nitrogen and oxygen atoms in total. The SMILES string of the molecule is O=C(O)C(F)(F)F.OC[C@@H]1C[C@@H](c2ccc(-c3nc4ccc(C5(c6ccccc6)CC5)nc4s3)c(F)c2)CN1. The third kappa shape index (κ3) is 5.66. The fraction of sp³-hybridized carbons (Fsp3) is 0.321. The van der Waals surface area contributed by atoms with Gasteiger partial charge in [-0.3, -0.25) is 0 Å². The number of fused-ring (bicyclic) bond motifs is 1. The maximum atomic E-state index is 15.1. The summed E-state index contributed by atoms with van der Waals surface area (Å²) >= 11 is 1.45. The second-order valence-electron chi connectivity index (χ2n) is 9.75. The van der Waals surface area contributed by atoms with Crippen molar-refractivity contribution in [3.05, 3.63) is 83.3 Å². The minimum atomic E-state index is -5.08. The number of aliphatic carboxylic acids is 1. The van der Waals surface area contributed by atoms with Gasteiger partial charge in [-0.15, -0.1) is 0 Å². The van der Waals surface area contributed by atoms with Gasteiger partial charge in [0.1, 0.15) is 21.2 Å². The number of carbonyl (C=O) groups is 1. The number of aliphatic hydroxyl groups excluding tert-OH is 1. The molecule has 2 atom stereocenters. The zero-order valence-corrected chi connectivity index (χ0v) is 21.4. The van der Waals surface area contributed by atoms with Crippen molar-refractivity contribution in [3.8, 4) is 10.6 Å². The second kappa shape index (κ2) is 10.6. The molecule has 2 aromatic carbocycles. The molecule has 0 radical (unpaired) electrons. The summed E-state index contributed by atoms with van der Waals surface area (Å²) in [5.74, 6) is -2.78. The van der Waals surface area contributed by atoms with Crippen LogP contribution in [-0.4, -0.2) is 51.5 Å². The van der Waals surface area contributed by atoms with E-state index >= 15 is 4.39 Å². The van der Waals surface area contributed by atoms with Crippen molar-refractivity contribution < 1.29 is 32.6 Å². The Bertz CT molecular complexity index is 1490. The van der Waals surface area contributed by atoms with Crippen LogP contribution in [0.5, 0.6) is 0 Å². The molecule has 2 aliphatic rings. The molecule has 204 valence electrons. The molecule has 3 N–H and O–H groups in total. The van der Waals surface area contributed by atoms with Gasteiger partial charge < -0.3 is 15.5 Å². The standard InChI is InChI=1S/C26H24FN3OS.C2HF3O2/c27-21-13-16(17-12-19(15-31)28-14-17)6-7-20(21)24-29-22-8-9-23(30-25(22)32-24)26(10-11-26)18-4-2-1-3-5-18;3-2(4,5)1(6)7/h1-9,13,17,19,28,31H,10-12,14-15H2;(H,6,7)/t17-,19+;/m1./s1. The van der Waals surface area contributed by atoms with Gasteiger partial charge in [0.2, 0.25) is 0 Å². The lowest BCUT2D eigenvalue weighted by atomic mass is 9.92. The van der Waals surface area contributed by atoms with Crippen LogP contribution in [0.1, 0.15) is 42.0 Å². The predicted molar refractivity (Wildman–Crippen MR) is 139 cm³/mol. The first-order valence-corrected chi connectivity index (χ1v) is 13.2. The fourth-order valence-corrected chi connectivity index (χ4v) is 5.91. The summed E-state index contributed by atoms with van der Waals surface area (Å²) in [4.78, 5) is 19.4. The number of nitrogens with zero attached hydrogens (tertiary/aromatic N) is 2. The Hall–Kier alpha value is -3.41. The number of halogens is 4. The van der Waals surface area contributed by atoms with E-state index in [0.717, 1.165) is 47.4 Å². The predicted octanol–water partition coefficient (Wildman–Crippen LogP) is 5.65. The van der Waals surface area contributed by atoms with Gasteiger partial charge in [-0.05, 0) is 60.6 Å². The molecule has 0 bridgehead atoms. The highest BCUT2D eigenvalue weighted by Gasteiger charge is 2.47. The maximum absolute atomic E-state index is 15.1. The zero-order chi connectivity index (χ0) is 27.8. The third-order valence-corrected chi connectivity index (χ3v) is 8.20. The maximum Gasteiger partial charge on any atom is 0.490 e. The van der Waals surface area contributed by atoms with E-state index in [4.69, 9.17) is 14.9 Å². The smallest absolute Gasteiger partial charge is 0.475 e. The summed E-state index contributed by atoms with van der Waals surface area (Å²) in [5.41, 5.74) is 4.69. The number of hydrogen-bond donors (Lipinski definition) is 3. The Morgan fingerprint density at radius 2 is 1.79 bits per heavy atom. The molecule has 2 aromatic heterocycles. The quantitative estimate of drug-likeness (QED) is 0.274. The molecular formula is C28H25F4N3O3S. The van der Waals surface area contributed by atoms with Gasteiger partial charge in [0.15, 0.2) is 0 Å². The Kier molecular flexibility index (Phi) is 7.41. The average Bonchev–Trinajstić information content (AvgIpc) is 3.39. The van der Waals surface area contributed by atoms with E-state index in [-0.39, 0.29) is 29.8 Å². The van der Waals surface area contributed by atoms with Crippen molar-refractivity contribution in [1.29, 1.82) is 0 Å². The molecule has 4 aromatic rings. The van der Waals surface area contributed by atoms with Gasteiger partial charge in [-0.25, -0.2) is 19.2 Å². The van der Waals surface area contributed by atoms with Crippen molar-refractivity contribution in [3.63, 3.8) is 0 Å². The average molecular weight is 560 g/mol. The van der Waals surface area contributed by atoms with Crippen LogP contribution < -0.4 is 5.32 Å². The van der Waals surface area contributed by atoms with Crippen molar-refractivity contribution in [2.45, 2.75) is 42.8 Å². The van der Waals surface area contributed by atoms with Crippen LogP contribution in [0.4, 0.5) is 17.6 Å². The van der Waals surface area contributed by atoms with Crippen molar-refractivity contribution in [1.82, 2.24) is 15.3 Å². The molecule has 2 fully saturated rings. The van der Waals surface area contributed by atoms with Crippen LogP contribution in [0.15, 0.2) is 60.7 Å². The number of aromatic nitrogens is 2. The lowest BCUT2D eigenvalue weighted by molar-refractivity contribution is -0.192. The largest absolute Gasteiger partial charge is 0.490 e. The van der Waals surface area contributed by atoms with Crippen LogP contribution in [0.2, 0.25) is 0 Å². The number of hydrogen-bond acceptors (Lipinski definition) is 6. The number of carboxylic acid groups (broad SMARTS) is 1. The first kappa shape index (κ1) is 27.2. The van der Waals surface area contributed by atoms with Gasteiger partial charge in [0, 0.05) is 23.6 Å². The number of pyridine rings is 1. The van der Waals surface area contributed by atoms with Crippen LogP contribution in [-0.2, 0) is 10.2 Å². The monoisotopic (exact) mass is 559 g/mol. The van der Waals surface area contributed by atoms with Gasteiger partial charge in [-0.1, -0.05) is 47.7 Å². The van der Waals surface area contributed by atoms with E-state index < -0.39 is 12.1 Å². The van der Waals surface area contributed by atoms with E-state index in [9.17, 15) is 18.3 Å². The number of aliphatic hydroxyl groups is 1. The minimum Gasteiger partial charge on any atom is -0.475 e. The minimum absolute atomic E-state index is 0.00818. The topological polar surface area (TPSA) is 95.3 Å². The number of alkyl halides is 3. The first-order chi connectivity index (χ1) is 18.6. The van der Waals surface area contributed by atoms with Crippen LogP contribution in [0, 0.1) is 5.82 Å². The molecule has 0 spiro atoms. The summed E-state index contributed by atoms with van der Waals surface area (Å²) in [6.07, 6.45) is -2.05. The molecule has 6 rings (SSSR count). The lowest BCUT2D eigenvalue weighted by Gasteiger charge is -2.14. The van der Waals surface area contributed by atoms with Crippen molar-refractivity contribution in [2.24, 2.45) is 0 Å². The summed E-state index contributed by atoms with van der Waals surface area (Å²) in [6.45, 7) is 0.879. The molecular weight excluding hydrogens is 534 g/mol. The normalized spacial score (nSPS) is 19.9. The van der Waals surface area contributed by atoms with E-state index in [1.54, 1.807) is 6.07 Å². The summed E-state index contributed by atoms with van der Waals surface area (Å²) < 4.78 is 46.8. The highest BCUT2D eigenvalue weighted by molar-refractivity contribution is 7.21. The second-order valence-corrected chi connectivity index (χ2v) is 10.7. The van der Waals surface area contributed by atoms with Crippen LogP contribution >= 0.6 is 11.3 Å². The highest BCUT2D eigenvalue weighted by atomic mass is 32.1. The van der Waals surface area contributed by atoms with E-state index in [2.05, 4.69) is 40.6 Å². The molecule has 0 amide bonds. The Labute approximate surface area is 225 Å². The molecule has 1 aliphatic heterocycles. The van der Waals surface area contributed by atoms with E-state index in [1.165, 1.54) is 16.9 Å². The summed E-state index contributed by atoms with van der Waals surface area (Å²) in [6, 6.07) is 20.2. The van der Waals surface area contributed by atoms with Crippen LogP contribution in [0.3, 0.4) is 0 Å². The number of thiazole rings is 1. The number of benzene rings is 2. The zero-order valence-electron chi connectivity index (χ0n) is 20.6.